The predicted molar refractivity (Wildman–Crippen MR) is 71.9 cm³/mol. The highest BCUT2D eigenvalue weighted by Gasteiger charge is 2.16. The molecule has 1 rings (SSSR count). The Morgan fingerprint density at radius 1 is 1.26 bits per heavy atom. The van der Waals surface area contributed by atoms with Crippen molar-refractivity contribution in [3.05, 3.63) is 0 Å². The average Bonchev–Trinajstić information content (AvgIpc) is 2.40. The number of carbonyl (C=O) groups excluding carboxylic acids is 1. The van der Waals surface area contributed by atoms with Crippen LogP contribution in [0.2, 0.25) is 0 Å². The van der Waals surface area contributed by atoms with Gasteiger partial charge in [-0.2, -0.15) is 0 Å². The lowest BCUT2D eigenvalue weighted by atomic mass is 9.94. The van der Waals surface area contributed by atoms with Gasteiger partial charge in [0.2, 0.25) is 5.91 Å². The molecule has 5 nitrogen and oxygen atoms in total. The number of carbonyl (C=O) groups is 2. The van der Waals surface area contributed by atoms with Crippen LogP contribution in [0.15, 0.2) is 0 Å². The lowest BCUT2D eigenvalue weighted by Gasteiger charge is -2.23. The lowest BCUT2D eigenvalue weighted by molar-refractivity contribution is -0.138. The van der Waals surface area contributed by atoms with Gasteiger partial charge in [-0.15, -0.1) is 0 Å². The normalized spacial score (nSPS) is 16.3. The number of nitrogens with zero attached hydrogens (tertiary/aromatic N) is 1. The van der Waals surface area contributed by atoms with Gasteiger partial charge < -0.3 is 14.7 Å². The maximum absolute atomic E-state index is 11.9. The third-order valence-corrected chi connectivity index (χ3v) is 3.67. The smallest absolute Gasteiger partial charge is 0.305 e. The van der Waals surface area contributed by atoms with Crippen molar-refractivity contribution in [1.82, 2.24) is 4.90 Å². The minimum Gasteiger partial charge on any atom is -0.481 e. The summed E-state index contributed by atoms with van der Waals surface area (Å²) in [6, 6.07) is 0. The Morgan fingerprint density at radius 2 is 1.95 bits per heavy atom. The zero-order valence-electron chi connectivity index (χ0n) is 11.8. The van der Waals surface area contributed by atoms with Crippen LogP contribution in [0.25, 0.3) is 0 Å². The number of rotatable bonds is 8. The predicted octanol–water partition coefficient (Wildman–Crippen LogP) is 1.91. The molecular weight excluding hydrogens is 246 g/mol. The van der Waals surface area contributed by atoms with E-state index in [9.17, 15) is 9.59 Å². The molecular formula is C14H25NO4. The average molecular weight is 271 g/mol. The van der Waals surface area contributed by atoms with Crippen molar-refractivity contribution >= 4 is 11.9 Å². The Hall–Kier alpha value is -1.10. The number of ether oxygens (including phenoxy) is 1. The first kappa shape index (κ1) is 16.0. The van der Waals surface area contributed by atoms with Gasteiger partial charge in [-0.05, 0) is 38.5 Å². The van der Waals surface area contributed by atoms with E-state index < -0.39 is 5.97 Å². The second-order valence-corrected chi connectivity index (χ2v) is 5.07. The number of aliphatic carboxylic acids is 1. The summed E-state index contributed by atoms with van der Waals surface area (Å²) < 4.78 is 5.31. The van der Waals surface area contributed by atoms with Crippen LogP contribution in [0.1, 0.15) is 45.4 Å². The molecule has 0 aliphatic carbocycles. The Balaban J connectivity index is 2.18. The van der Waals surface area contributed by atoms with Crippen LogP contribution in [0.4, 0.5) is 0 Å². The van der Waals surface area contributed by atoms with Crippen LogP contribution < -0.4 is 0 Å². The standard InChI is InChI=1S/C14H25NO4/c1-2-15(9-6-14(17)18)13(16)5-3-4-12-7-10-19-11-8-12/h12H,2-11H2,1H3,(H,17,18). The molecule has 1 amide bonds. The topological polar surface area (TPSA) is 66.8 Å². The van der Waals surface area contributed by atoms with Crippen molar-refractivity contribution in [2.75, 3.05) is 26.3 Å². The van der Waals surface area contributed by atoms with Crippen molar-refractivity contribution in [2.45, 2.75) is 45.4 Å². The van der Waals surface area contributed by atoms with Gasteiger partial charge in [0.25, 0.3) is 0 Å². The highest BCUT2D eigenvalue weighted by molar-refractivity contribution is 5.77. The SMILES string of the molecule is CCN(CCC(=O)O)C(=O)CCCC1CCOCC1. The largest absolute Gasteiger partial charge is 0.481 e. The molecule has 0 aromatic rings. The molecule has 0 atom stereocenters. The van der Waals surface area contributed by atoms with E-state index >= 15 is 0 Å². The molecule has 5 heteroatoms. The monoisotopic (exact) mass is 271 g/mol. The Morgan fingerprint density at radius 3 is 2.53 bits per heavy atom. The summed E-state index contributed by atoms with van der Waals surface area (Å²) in [5.74, 6) is -0.0834. The molecule has 1 N–H and O–H groups in total. The van der Waals surface area contributed by atoms with Crippen molar-refractivity contribution in [1.29, 1.82) is 0 Å². The fourth-order valence-corrected chi connectivity index (χ4v) is 2.42. The molecule has 1 fully saturated rings. The van der Waals surface area contributed by atoms with Gasteiger partial charge in [0.05, 0.1) is 6.42 Å². The first-order valence-corrected chi connectivity index (χ1v) is 7.20. The molecule has 0 spiro atoms. The van der Waals surface area contributed by atoms with Gasteiger partial charge in [-0.3, -0.25) is 9.59 Å². The van der Waals surface area contributed by atoms with Crippen molar-refractivity contribution in [3.8, 4) is 0 Å². The Bertz CT molecular complexity index is 287. The summed E-state index contributed by atoms with van der Waals surface area (Å²) in [5, 5.41) is 8.64. The van der Waals surface area contributed by atoms with Crippen LogP contribution >= 0.6 is 0 Å². The van der Waals surface area contributed by atoms with E-state index in [4.69, 9.17) is 9.84 Å². The summed E-state index contributed by atoms with van der Waals surface area (Å²) in [7, 11) is 0. The van der Waals surface area contributed by atoms with Crippen molar-refractivity contribution in [2.24, 2.45) is 5.92 Å². The summed E-state index contributed by atoms with van der Waals surface area (Å²) in [5.41, 5.74) is 0. The molecule has 1 aliphatic rings. The first-order chi connectivity index (χ1) is 9.13. The molecule has 0 saturated carbocycles. The number of carboxylic acid groups (broad SMARTS) is 1. The maximum atomic E-state index is 11.9. The summed E-state index contributed by atoms with van der Waals surface area (Å²) in [6.07, 6.45) is 4.73. The van der Waals surface area contributed by atoms with Gasteiger partial charge in [0, 0.05) is 32.7 Å². The number of carboxylic acids is 1. The van der Waals surface area contributed by atoms with Gasteiger partial charge in [0.15, 0.2) is 0 Å². The summed E-state index contributed by atoms with van der Waals surface area (Å²) in [4.78, 5) is 24.1. The van der Waals surface area contributed by atoms with E-state index in [0.717, 1.165) is 38.9 Å². The van der Waals surface area contributed by atoms with E-state index in [-0.39, 0.29) is 12.3 Å². The van der Waals surface area contributed by atoms with Crippen molar-refractivity contribution in [3.63, 3.8) is 0 Å². The molecule has 0 unspecified atom stereocenters. The van der Waals surface area contributed by atoms with Crippen LogP contribution in [-0.2, 0) is 14.3 Å². The van der Waals surface area contributed by atoms with Gasteiger partial charge in [0.1, 0.15) is 0 Å². The Labute approximate surface area is 114 Å². The summed E-state index contributed by atoms with van der Waals surface area (Å²) >= 11 is 0. The van der Waals surface area contributed by atoms with Crippen LogP contribution in [0.3, 0.4) is 0 Å². The number of hydrogen-bond donors (Lipinski definition) is 1. The molecule has 0 aromatic heterocycles. The fraction of sp³-hybridized carbons (Fsp3) is 0.857. The van der Waals surface area contributed by atoms with Crippen LogP contribution in [0, 0.1) is 5.92 Å². The van der Waals surface area contributed by atoms with Gasteiger partial charge in [-0.25, -0.2) is 0 Å². The van der Waals surface area contributed by atoms with Gasteiger partial charge >= 0.3 is 5.97 Å². The minimum atomic E-state index is -0.853. The second kappa shape index (κ2) is 8.91. The first-order valence-electron chi connectivity index (χ1n) is 7.20. The Kier molecular flexibility index (Phi) is 7.48. The molecule has 1 aliphatic heterocycles. The van der Waals surface area contributed by atoms with Crippen molar-refractivity contribution < 1.29 is 19.4 Å². The van der Waals surface area contributed by atoms with E-state index in [0.29, 0.717) is 25.4 Å². The molecule has 1 saturated heterocycles. The molecule has 0 aromatic carbocycles. The molecule has 0 radical (unpaired) electrons. The second-order valence-electron chi connectivity index (χ2n) is 5.07. The van der Waals surface area contributed by atoms with E-state index in [1.165, 1.54) is 0 Å². The molecule has 1 heterocycles. The zero-order chi connectivity index (χ0) is 14.1. The quantitative estimate of drug-likeness (QED) is 0.732. The number of amides is 1. The van der Waals surface area contributed by atoms with E-state index in [1.54, 1.807) is 4.90 Å². The van der Waals surface area contributed by atoms with Crippen LogP contribution in [0.5, 0.6) is 0 Å². The third-order valence-electron chi connectivity index (χ3n) is 3.67. The molecule has 19 heavy (non-hydrogen) atoms. The molecule has 0 bridgehead atoms. The lowest BCUT2D eigenvalue weighted by Crippen LogP contribution is -2.32. The highest BCUT2D eigenvalue weighted by atomic mass is 16.5. The third kappa shape index (κ3) is 6.57. The molecule has 110 valence electrons. The zero-order valence-corrected chi connectivity index (χ0v) is 11.8. The fourth-order valence-electron chi connectivity index (χ4n) is 2.42. The van der Waals surface area contributed by atoms with E-state index in [2.05, 4.69) is 0 Å². The summed E-state index contributed by atoms with van der Waals surface area (Å²) in [6.45, 7) is 4.49. The minimum absolute atomic E-state index is 0.0273. The van der Waals surface area contributed by atoms with E-state index in [1.807, 2.05) is 6.92 Å². The number of hydrogen-bond acceptors (Lipinski definition) is 3. The highest BCUT2D eigenvalue weighted by Crippen LogP contribution is 2.21. The van der Waals surface area contributed by atoms with Gasteiger partial charge in [-0.1, -0.05) is 0 Å². The maximum Gasteiger partial charge on any atom is 0.305 e. The van der Waals surface area contributed by atoms with Crippen LogP contribution in [-0.4, -0.2) is 48.2 Å².